The van der Waals surface area contributed by atoms with Gasteiger partial charge in [-0.1, -0.05) is 5.16 Å². The van der Waals surface area contributed by atoms with Crippen molar-refractivity contribution in [2.24, 2.45) is 0 Å². The summed E-state index contributed by atoms with van der Waals surface area (Å²) in [5.41, 5.74) is 0.939. The minimum atomic E-state index is -4.48. The molecule has 0 radical (unpaired) electrons. The average Bonchev–Trinajstić information content (AvgIpc) is 3.43. The van der Waals surface area contributed by atoms with Crippen LogP contribution in [0.4, 0.5) is 23.2 Å². The van der Waals surface area contributed by atoms with E-state index in [4.69, 9.17) is 4.52 Å². The van der Waals surface area contributed by atoms with Gasteiger partial charge in [-0.3, -0.25) is 14.5 Å². The van der Waals surface area contributed by atoms with Gasteiger partial charge in [0, 0.05) is 30.1 Å². The Bertz CT molecular complexity index is 1420. The number of hydrogen-bond acceptors (Lipinski definition) is 5. The minimum Gasteiger partial charge on any atom is -0.356 e. The van der Waals surface area contributed by atoms with Crippen molar-refractivity contribution in [2.45, 2.75) is 26.1 Å². The van der Waals surface area contributed by atoms with Crippen LogP contribution in [-0.2, 0) is 6.18 Å². The smallest absolute Gasteiger partial charge is 0.356 e. The Morgan fingerprint density at radius 3 is 2.57 bits per heavy atom. The van der Waals surface area contributed by atoms with Crippen LogP contribution < -0.4 is 4.90 Å². The van der Waals surface area contributed by atoms with Gasteiger partial charge < -0.3 is 9.42 Å². The number of pyridine rings is 1. The number of nitrogens with zero attached hydrogens (tertiary/aromatic N) is 5. The van der Waals surface area contributed by atoms with Crippen molar-refractivity contribution >= 4 is 25.1 Å². The SMILES string of the molecule is Cc1cc(N2C[C@H](C)n3ncc(-c4cc(-c5cncc(F)c5)on4)c3C2=O)ccc1C(F)(F)F.S. The first kappa shape index (κ1) is 24.5. The second kappa shape index (κ2) is 8.84. The molecule has 1 aromatic carbocycles. The predicted octanol–water partition coefficient (Wildman–Crippen LogP) is 5.40. The Morgan fingerprint density at radius 1 is 1.11 bits per heavy atom. The highest BCUT2D eigenvalue weighted by atomic mass is 32.1. The largest absolute Gasteiger partial charge is 0.416 e. The lowest BCUT2D eigenvalue weighted by molar-refractivity contribution is -0.138. The molecule has 0 aliphatic carbocycles. The number of rotatable bonds is 3. The van der Waals surface area contributed by atoms with Gasteiger partial charge in [0.05, 0.1) is 29.6 Å². The Labute approximate surface area is 203 Å². The van der Waals surface area contributed by atoms with E-state index in [1.54, 1.807) is 10.7 Å². The molecule has 35 heavy (non-hydrogen) atoms. The summed E-state index contributed by atoms with van der Waals surface area (Å²) in [4.78, 5) is 18.7. The lowest BCUT2D eigenvalue weighted by Gasteiger charge is -2.32. The van der Waals surface area contributed by atoms with Gasteiger partial charge in [-0.15, -0.1) is 0 Å². The van der Waals surface area contributed by atoms with Gasteiger partial charge in [0.1, 0.15) is 17.2 Å². The molecule has 0 saturated carbocycles. The van der Waals surface area contributed by atoms with E-state index < -0.39 is 23.5 Å². The van der Waals surface area contributed by atoms with Crippen LogP contribution in [0.15, 0.2) is 53.4 Å². The topological polar surface area (TPSA) is 77.1 Å². The number of anilines is 1. The highest BCUT2D eigenvalue weighted by Gasteiger charge is 2.36. The highest BCUT2D eigenvalue weighted by Crippen LogP contribution is 2.37. The molecular formula is C23H19F4N5O2S. The van der Waals surface area contributed by atoms with Gasteiger partial charge >= 0.3 is 6.18 Å². The first-order valence-corrected chi connectivity index (χ1v) is 10.3. The summed E-state index contributed by atoms with van der Waals surface area (Å²) in [6, 6.07) is 6.16. The fourth-order valence-electron chi connectivity index (χ4n) is 4.09. The van der Waals surface area contributed by atoms with Gasteiger partial charge in [-0.05, 0) is 43.7 Å². The molecule has 5 rings (SSSR count). The molecule has 1 aliphatic rings. The van der Waals surface area contributed by atoms with E-state index in [2.05, 4.69) is 15.2 Å². The van der Waals surface area contributed by atoms with E-state index in [9.17, 15) is 22.4 Å². The van der Waals surface area contributed by atoms with Crippen LogP contribution in [-0.4, -0.2) is 32.4 Å². The maximum absolute atomic E-state index is 13.5. The zero-order valence-corrected chi connectivity index (χ0v) is 19.5. The Balaban J connectivity index is 0.00000289. The van der Waals surface area contributed by atoms with E-state index in [1.165, 1.54) is 42.4 Å². The van der Waals surface area contributed by atoms with Crippen LogP contribution >= 0.6 is 13.5 Å². The second-order valence-corrected chi connectivity index (χ2v) is 8.08. The van der Waals surface area contributed by atoms with E-state index in [0.717, 1.165) is 12.3 Å². The summed E-state index contributed by atoms with van der Waals surface area (Å²) in [5, 5.41) is 8.33. The van der Waals surface area contributed by atoms with Crippen LogP contribution in [0.25, 0.3) is 22.6 Å². The van der Waals surface area contributed by atoms with Crippen molar-refractivity contribution < 1.29 is 26.9 Å². The Morgan fingerprint density at radius 2 is 1.89 bits per heavy atom. The summed E-state index contributed by atoms with van der Waals surface area (Å²) in [6.45, 7) is 3.44. The summed E-state index contributed by atoms with van der Waals surface area (Å²) >= 11 is 0. The molecule has 0 bridgehead atoms. The van der Waals surface area contributed by atoms with Crippen molar-refractivity contribution in [3.05, 3.63) is 71.6 Å². The lowest BCUT2D eigenvalue weighted by atomic mass is 10.0. The molecule has 12 heteroatoms. The number of aryl methyl sites for hydroxylation is 1. The quantitative estimate of drug-likeness (QED) is 0.349. The van der Waals surface area contributed by atoms with Gasteiger partial charge in [-0.2, -0.15) is 31.8 Å². The monoisotopic (exact) mass is 505 g/mol. The first-order chi connectivity index (χ1) is 16.1. The van der Waals surface area contributed by atoms with Crippen LogP contribution in [0.1, 0.15) is 34.6 Å². The molecule has 0 N–H and O–H groups in total. The number of carbonyl (C=O) groups excluding carboxylic acids is 1. The van der Waals surface area contributed by atoms with Crippen LogP contribution in [0.2, 0.25) is 0 Å². The zero-order valence-electron chi connectivity index (χ0n) is 18.5. The third-order valence-corrected chi connectivity index (χ3v) is 5.71. The maximum atomic E-state index is 13.5. The van der Waals surface area contributed by atoms with E-state index in [1.807, 2.05) is 6.92 Å². The van der Waals surface area contributed by atoms with Crippen LogP contribution in [0, 0.1) is 12.7 Å². The van der Waals surface area contributed by atoms with Gasteiger partial charge in [-0.25, -0.2) is 4.39 Å². The molecule has 0 unspecified atom stereocenters. The standard InChI is InChI=1S/C23H17F4N5O2.H2S/c1-12-5-16(3-4-18(12)23(25,26)27)31-11-13(2)32-21(22(31)33)17(10-29-32)19-7-20(34-30-19)14-6-15(24)9-28-8-14;/h3-10,13H,11H2,1-2H3;1H2/t13-;/m0./s1. The zero-order chi connectivity index (χ0) is 24.2. The number of alkyl halides is 3. The number of hydrogen-bond donors (Lipinski definition) is 0. The van der Waals surface area contributed by atoms with Crippen molar-refractivity contribution in [1.29, 1.82) is 0 Å². The van der Waals surface area contributed by atoms with Crippen LogP contribution in [0.3, 0.4) is 0 Å². The summed E-state index contributed by atoms with van der Waals surface area (Å²) in [6.07, 6.45) is -0.513. The van der Waals surface area contributed by atoms with Gasteiger partial charge in [0.15, 0.2) is 5.76 Å². The molecule has 0 fully saturated rings. The molecule has 7 nitrogen and oxygen atoms in total. The molecule has 1 aliphatic heterocycles. The third kappa shape index (κ3) is 4.29. The Kier molecular flexibility index (Phi) is 6.18. The summed E-state index contributed by atoms with van der Waals surface area (Å²) < 4.78 is 59.9. The maximum Gasteiger partial charge on any atom is 0.416 e. The highest BCUT2D eigenvalue weighted by molar-refractivity contribution is 7.59. The van der Waals surface area contributed by atoms with E-state index in [0.29, 0.717) is 22.5 Å². The van der Waals surface area contributed by atoms with Crippen molar-refractivity contribution in [1.82, 2.24) is 19.9 Å². The minimum absolute atomic E-state index is 0. The summed E-state index contributed by atoms with van der Waals surface area (Å²) in [7, 11) is 0. The number of benzene rings is 1. The third-order valence-electron chi connectivity index (χ3n) is 5.71. The average molecular weight is 505 g/mol. The number of halogens is 4. The first-order valence-electron chi connectivity index (χ1n) is 10.3. The molecular weight excluding hydrogens is 486 g/mol. The number of fused-ring (bicyclic) bond motifs is 1. The normalized spacial score (nSPS) is 15.7. The summed E-state index contributed by atoms with van der Waals surface area (Å²) in [5.74, 6) is -0.708. The molecule has 0 spiro atoms. The van der Waals surface area contributed by atoms with Crippen molar-refractivity contribution in [3.8, 4) is 22.6 Å². The molecule has 182 valence electrons. The Hall–Kier alpha value is -3.67. The molecule has 4 aromatic rings. The predicted molar refractivity (Wildman–Crippen MR) is 124 cm³/mol. The fraction of sp³-hybridized carbons (Fsp3) is 0.217. The molecule has 1 amide bonds. The van der Waals surface area contributed by atoms with E-state index >= 15 is 0 Å². The molecule has 1 atom stereocenters. The number of aromatic nitrogens is 4. The number of amides is 1. The van der Waals surface area contributed by atoms with Gasteiger partial charge in [0.25, 0.3) is 5.91 Å². The van der Waals surface area contributed by atoms with Crippen LogP contribution in [0.5, 0.6) is 0 Å². The fourth-order valence-corrected chi connectivity index (χ4v) is 4.09. The number of carbonyl (C=O) groups is 1. The second-order valence-electron chi connectivity index (χ2n) is 8.08. The van der Waals surface area contributed by atoms with Gasteiger partial charge in [0.2, 0.25) is 0 Å². The van der Waals surface area contributed by atoms with Crippen molar-refractivity contribution in [3.63, 3.8) is 0 Å². The molecule has 0 saturated heterocycles. The molecule has 4 heterocycles. The van der Waals surface area contributed by atoms with Crippen molar-refractivity contribution in [2.75, 3.05) is 11.4 Å². The lowest BCUT2D eigenvalue weighted by Crippen LogP contribution is -2.42. The molecule has 3 aromatic heterocycles. The van der Waals surface area contributed by atoms with E-state index in [-0.39, 0.29) is 43.1 Å².